The standard InChI is InChI=1S/C25H29N3O3S2/c1-17-22-4-2-3-5-23(22)32-25(17)28(15-13-18-6-7-18)33(30,31)21-10-8-19(9-11-21)24(29)27-20-12-14-26-16-20/h2-5,8-11,18,20,26H,6-7,12-16H2,1H3,(H,27,29). The van der Waals surface area contributed by atoms with E-state index in [4.69, 9.17) is 0 Å². The molecule has 1 aromatic heterocycles. The van der Waals surface area contributed by atoms with Crippen LogP contribution in [0.3, 0.4) is 0 Å². The predicted octanol–water partition coefficient (Wildman–Crippen LogP) is 4.30. The monoisotopic (exact) mass is 483 g/mol. The molecule has 1 aliphatic carbocycles. The number of aryl methyl sites for hydroxylation is 1. The Hall–Kier alpha value is -2.42. The third-order valence-corrected chi connectivity index (χ3v) is 9.81. The predicted molar refractivity (Wildman–Crippen MR) is 134 cm³/mol. The van der Waals surface area contributed by atoms with Crippen LogP contribution in [0.5, 0.6) is 0 Å². The lowest BCUT2D eigenvalue weighted by Crippen LogP contribution is -2.36. The van der Waals surface area contributed by atoms with E-state index in [9.17, 15) is 13.2 Å². The molecule has 1 aliphatic heterocycles. The molecular weight excluding hydrogens is 454 g/mol. The molecule has 3 aromatic rings. The van der Waals surface area contributed by atoms with Crippen LogP contribution in [0.4, 0.5) is 5.00 Å². The second kappa shape index (κ2) is 9.08. The Labute approximate surface area is 199 Å². The highest BCUT2D eigenvalue weighted by Crippen LogP contribution is 2.41. The fourth-order valence-corrected chi connectivity index (χ4v) is 7.37. The zero-order chi connectivity index (χ0) is 23.0. The van der Waals surface area contributed by atoms with Crippen LogP contribution < -0.4 is 14.9 Å². The third kappa shape index (κ3) is 4.65. The van der Waals surface area contributed by atoms with Gasteiger partial charge >= 0.3 is 0 Å². The Balaban J connectivity index is 1.43. The number of carbonyl (C=O) groups excluding carboxylic acids is 1. The first-order chi connectivity index (χ1) is 15.9. The van der Waals surface area contributed by atoms with Crippen LogP contribution in [0.15, 0.2) is 53.4 Å². The van der Waals surface area contributed by atoms with E-state index in [0.29, 0.717) is 18.0 Å². The van der Waals surface area contributed by atoms with Crippen LogP contribution >= 0.6 is 11.3 Å². The van der Waals surface area contributed by atoms with E-state index in [2.05, 4.69) is 10.6 Å². The summed E-state index contributed by atoms with van der Waals surface area (Å²) in [6, 6.07) is 14.5. The van der Waals surface area contributed by atoms with Crippen LogP contribution in [0.2, 0.25) is 0 Å². The molecule has 1 amide bonds. The van der Waals surface area contributed by atoms with Gasteiger partial charge in [0.2, 0.25) is 0 Å². The van der Waals surface area contributed by atoms with Crippen molar-refractivity contribution in [3.05, 3.63) is 59.7 Å². The van der Waals surface area contributed by atoms with Crippen molar-refractivity contribution in [3.63, 3.8) is 0 Å². The summed E-state index contributed by atoms with van der Waals surface area (Å²) in [4.78, 5) is 12.8. The van der Waals surface area contributed by atoms with Crippen molar-refractivity contribution in [2.45, 2.75) is 43.5 Å². The van der Waals surface area contributed by atoms with E-state index in [1.807, 2.05) is 31.2 Å². The first-order valence-electron chi connectivity index (χ1n) is 11.6. The summed E-state index contributed by atoms with van der Waals surface area (Å²) in [5, 5.41) is 8.11. The fraction of sp³-hybridized carbons (Fsp3) is 0.400. The van der Waals surface area contributed by atoms with Gasteiger partial charge in [-0.05, 0) is 73.5 Å². The minimum atomic E-state index is -3.75. The van der Waals surface area contributed by atoms with Crippen molar-refractivity contribution in [2.75, 3.05) is 23.9 Å². The second-order valence-electron chi connectivity index (χ2n) is 9.03. The molecule has 0 bridgehead atoms. The van der Waals surface area contributed by atoms with Crippen LogP contribution in [0, 0.1) is 12.8 Å². The maximum atomic E-state index is 13.8. The van der Waals surface area contributed by atoms with Gasteiger partial charge in [0, 0.05) is 29.4 Å². The number of carbonyl (C=O) groups is 1. The van der Waals surface area contributed by atoms with Crippen molar-refractivity contribution < 1.29 is 13.2 Å². The van der Waals surface area contributed by atoms with Crippen molar-refractivity contribution in [1.82, 2.24) is 10.6 Å². The summed E-state index contributed by atoms with van der Waals surface area (Å²) in [6.45, 7) is 4.13. The lowest BCUT2D eigenvalue weighted by atomic mass is 10.2. The third-order valence-electron chi connectivity index (χ3n) is 6.58. The number of hydrogen-bond acceptors (Lipinski definition) is 5. The Morgan fingerprint density at radius 2 is 1.88 bits per heavy atom. The summed E-state index contributed by atoms with van der Waals surface area (Å²) < 4.78 is 30.2. The number of anilines is 1. The molecule has 2 aromatic carbocycles. The maximum absolute atomic E-state index is 13.8. The zero-order valence-electron chi connectivity index (χ0n) is 18.7. The number of fused-ring (bicyclic) bond motifs is 1. The highest BCUT2D eigenvalue weighted by molar-refractivity contribution is 7.93. The molecule has 2 heterocycles. The number of benzene rings is 2. The van der Waals surface area contributed by atoms with Crippen LogP contribution in [-0.2, 0) is 10.0 Å². The first kappa shape index (κ1) is 22.4. The highest BCUT2D eigenvalue weighted by atomic mass is 32.2. The number of rotatable bonds is 8. The number of nitrogens with one attached hydrogen (secondary N) is 2. The topological polar surface area (TPSA) is 78.5 Å². The molecular formula is C25H29N3O3S2. The molecule has 0 radical (unpaired) electrons. The van der Waals surface area contributed by atoms with Crippen molar-refractivity contribution in [2.24, 2.45) is 5.92 Å². The van der Waals surface area contributed by atoms with Gasteiger partial charge < -0.3 is 10.6 Å². The Bertz CT molecular complexity index is 1260. The number of thiophene rings is 1. The first-order valence-corrected chi connectivity index (χ1v) is 13.8. The SMILES string of the molecule is Cc1c(N(CCC2CC2)S(=O)(=O)c2ccc(C(=O)NC3CCNC3)cc2)sc2ccccc12. The summed E-state index contributed by atoms with van der Waals surface area (Å²) in [5.41, 5.74) is 1.47. The lowest BCUT2D eigenvalue weighted by molar-refractivity contribution is 0.0940. The fourth-order valence-electron chi connectivity index (χ4n) is 4.39. The van der Waals surface area contributed by atoms with E-state index >= 15 is 0 Å². The van der Waals surface area contributed by atoms with E-state index in [-0.39, 0.29) is 16.8 Å². The Kier molecular flexibility index (Phi) is 6.16. The molecule has 1 saturated heterocycles. The average molecular weight is 484 g/mol. The minimum Gasteiger partial charge on any atom is -0.348 e. The highest BCUT2D eigenvalue weighted by Gasteiger charge is 2.31. The van der Waals surface area contributed by atoms with Crippen molar-refractivity contribution in [3.8, 4) is 0 Å². The van der Waals surface area contributed by atoms with Crippen molar-refractivity contribution >= 4 is 42.4 Å². The molecule has 1 atom stereocenters. The molecule has 1 unspecified atom stereocenters. The molecule has 33 heavy (non-hydrogen) atoms. The van der Waals surface area contributed by atoms with Gasteiger partial charge in [0.15, 0.2) is 0 Å². The summed E-state index contributed by atoms with van der Waals surface area (Å²) in [6.07, 6.45) is 4.13. The van der Waals surface area contributed by atoms with Gasteiger partial charge in [-0.2, -0.15) is 0 Å². The van der Waals surface area contributed by atoms with Gasteiger partial charge in [-0.1, -0.05) is 31.0 Å². The van der Waals surface area contributed by atoms with Crippen LogP contribution in [0.25, 0.3) is 10.1 Å². The summed E-state index contributed by atoms with van der Waals surface area (Å²) in [7, 11) is -3.75. The van der Waals surface area contributed by atoms with Crippen LogP contribution in [-0.4, -0.2) is 40.0 Å². The molecule has 1 saturated carbocycles. The Morgan fingerprint density at radius 1 is 1.12 bits per heavy atom. The second-order valence-corrected chi connectivity index (χ2v) is 11.9. The van der Waals surface area contributed by atoms with Gasteiger partial charge in [0.05, 0.1) is 4.90 Å². The van der Waals surface area contributed by atoms with E-state index in [1.165, 1.54) is 24.2 Å². The number of hydrogen-bond donors (Lipinski definition) is 2. The van der Waals surface area contributed by atoms with Gasteiger partial charge in [0.1, 0.15) is 5.00 Å². The molecule has 5 rings (SSSR count). The number of amides is 1. The maximum Gasteiger partial charge on any atom is 0.264 e. The molecule has 6 nitrogen and oxygen atoms in total. The molecule has 2 fully saturated rings. The zero-order valence-corrected chi connectivity index (χ0v) is 20.3. The molecule has 174 valence electrons. The Morgan fingerprint density at radius 3 is 2.55 bits per heavy atom. The van der Waals surface area contributed by atoms with Gasteiger partial charge in [-0.15, -0.1) is 11.3 Å². The van der Waals surface area contributed by atoms with Gasteiger partial charge in [-0.3, -0.25) is 9.10 Å². The molecule has 2 N–H and O–H groups in total. The quantitative estimate of drug-likeness (QED) is 0.501. The van der Waals surface area contributed by atoms with Gasteiger partial charge in [0.25, 0.3) is 15.9 Å². The largest absolute Gasteiger partial charge is 0.348 e. The summed E-state index contributed by atoms with van der Waals surface area (Å²) >= 11 is 1.53. The van der Waals surface area contributed by atoms with E-state index in [0.717, 1.165) is 46.6 Å². The molecule has 0 spiro atoms. The van der Waals surface area contributed by atoms with Crippen molar-refractivity contribution in [1.29, 1.82) is 0 Å². The number of nitrogens with zero attached hydrogens (tertiary/aromatic N) is 1. The van der Waals surface area contributed by atoms with Gasteiger partial charge in [-0.25, -0.2) is 8.42 Å². The normalized spacial score (nSPS) is 18.5. The average Bonchev–Trinajstić information content (AvgIpc) is 3.40. The van der Waals surface area contributed by atoms with E-state index < -0.39 is 10.0 Å². The van der Waals surface area contributed by atoms with E-state index in [1.54, 1.807) is 28.6 Å². The lowest BCUT2D eigenvalue weighted by Gasteiger charge is -2.24. The summed E-state index contributed by atoms with van der Waals surface area (Å²) in [5.74, 6) is 0.451. The van der Waals surface area contributed by atoms with Crippen LogP contribution in [0.1, 0.15) is 41.6 Å². The number of sulfonamides is 1. The molecule has 8 heteroatoms. The molecule has 2 aliphatic rings. The smallest absolute Gasteiger partial charge is 0.264 e. The minimum absolute atomic E-state index is 0.120.